The summed E-state index contributed by atoms with van der Waals surface area (Å²) in [5, 5.41) is 21.9. The van der Waals surface area contributed by atoms with E-state index in [2.05, 4.69) is 0 Å². The molecule has 150 valence electrons. The highest BCUT2D eigenvalue weighted by Gasteiger charge is 2.34. The van der Waals surface area contributed by atoms with Gasteiger partial charge < -0.3 is 10.2 Å². The molecule has 4 nitrogen and oxygen atoms in total. The van der Waals surface area contributed by atoms with Crippen LogP contribution in [0.1, 0.15) is 18.4 Å². The summed E-state index contributed by atoms with van der Waals surface area (Å²) in [5.41, 5.74) is 0.708. The Kier molecular flexibility index (Phi) is 7.68. The maximum Gasteiger partial charge on any atom is 0.329 e. The summed E-state index contributed by atoms with van der Waals surface area (Å²) in [6.07, 6.45) is 2.01. The van der Waals surface area contributed by atoms with Crippen molar-refractivity contribution in [2.45, 2.75) is 29.8 Å². The highest BCUT2D eigenvalue weighted by molar-refractivity contribution is 7.99. The molecule has 3 atom stereocenters. The van der Waals surface area contributed by atoms with Crippen molar-refractivity contribution in [3.8, 4) is 5.75 Å². The summed E-state index contributed by atoms with van der Waals surface area (Å²) in [7, 11) is -0.708. The molecule has 0 aliphatic rings. The number of hydrogen-bond donors (Lipinski definition) is 2. The molecule has 3 aromatic carbocycles. The van der Waals surface area contributed by atoms with Crippen LogP contribution in [0.15, 0.2) is 71.6 Å². The van der Waals surface area contributed by atoms with Crippen LogP contribution in [0.2, 0.25) is 0 Å². The fourth-order valence-electron chi connectivity index (χ4n) is 3.46. The number of aryl methyl sites for hydroxylation is 1. The molecular formula is C23H24O4PS+. The van der Waals surface area contributed by atoms with Crippen LogP contribution in [-0.2, 0) is 15.8 Å². The molecule has 0 aliphatic heterocycles. The number of phenols is 1. The van der Waals surface area contributed by atoms with E-state index in [4.69, 9.17) is 0 Å². The molecule has 0 bridgehead atoms. The van der Waals surface area contributed by atoms with Crippen molar-refractivity contribution in [1.82, 2.24) is 0 Å². The van der Waals surface area contributed by atoms with Gasteiger partial charge in [-0.25, -0.2) is 0 Å². The van der Waals surface area contributed by atoms with Gasteiger partial charge in [-0.15, -0.1) is 11.8 Å². The van der Waals surface area contributed by atoms with E-state index in [0.29, 0.717) is 17.1 Å². The van der Waals surface area contributed by atoms with Crippen LogP contribution in [0.25, 0.3) is 10.8 Å². The molecule has 0 aliphatic carbocycles. The van der Waals surface area contributed by atoms with Gasteiger partial charge in [0.05, 0.1) is 4.90 Å². The fourth-order valence-corrected chi connectivity index (χ4v) is 5.59. The van der Waals surface area contributed by atoms with E-state index in [9.17, 15) is 19.6 Å². The maximum atomic E-state index is 11.9. The zero-order valence-electron chi connectivity index (χ0n) is 16.0. The topological polar surface area (TPSA) is 74.6 Å². The molecule has 0 saturated heterocycles. The third-order valence-electron chi connectivity index (χ3n) is 5.04. The number of hydrogen-bond acceptors (Lipinski definition) is 4. The molecule has 29 heavy (non-hydrogen) atoms. The number of aromatic hydroxyl groups is 1. The number of carboxylic acid groups (broad SMARTS) is 1. The number of carboxylic acids is 1. The predicted molar refractivity (Wildman–Crippen MR) is 120 cm³/mol. The van der Waals surface area contributed by atoms with E-state index in [1.165, 1.54) is 17.3 Å². The summed E-state index contributed by atoms with van der Waals surface area (Å²) in [6.45, 7) is 0. The van der Waals surface area contributed by atoms with E-state index in [0.717, 1.165) is 23.6 Å². The minimum absolute atomic E-state index is 0.164. The molecule has 0 heterocycles. The molecular weight excluding hydrogens is 403 g/mol. The minimum Gasteiger partial charge on any atom is -0.507 e. The summed E-state index contributed by atoms with van der Waals surface area (Å²) < 4.78 is 11.9. The van der Waals surface area contributed by atoms with Gasteiger partial charge in [-0.05, 0) is 41.7 Å². The maximum absolute atomic E-state index is 11.9. The van der Waals surface area contributed by atoms with Gasteiger partial charge in [0.25, 0.3) is 0 Å². The molecule has 3 rings (SSSR count). The van der Waals surface area contributed by atoms with E-state index in [-0.39, 0.29) is 5.75 Å². The normalized spacial score (nSPS) is 13.4. The molecule has 0 saturated carbocycles. The van der Waals surface area contributed by atoms with Gasteiger partial charge in [-0.2, -0.15) is 0 Å². The van der Waals surface area contributed by atoms with Crippen LogP contribution in [0.3, 0.4) is 0 Å². The number of rotatable bonds is 10. The van der Waals surface area contributed by atoms with E-state index < -0.39 is 26.0 Å². The fraction of sp³-hybridized carbons (Fsp3) is 0.261. The predicted octanol–water partition coefficient (Wildman–Crippen LogP) is 5.75. The number of phenolic OH excluding ortho intramolecular Hbond substituents is 1. The zero-order chi connectivity index (χ0) is 20.6. The van der Waals surface area contributed by atoms with Crippen LogP contribution < -0.4 is 0 Å². The van der Waals surface area contributed by atoms with Gasteiger partial charge in [0, 0.05) is 5.75 Å². The SMILES string of the molecule is O=[PH+]C(CSc1c(O)ccc2ccccc12)C(CCCc1ccccc1)C(=O)O. The van der Waals surface area contributed by atoms with E-state index in [1.807, 2.05) is 60.7 Å². The second kappa shape index (κ2) is 10.4. The highest BCUT2D eigenvalue weighted by atomic mass is 32.2. The van der Waals surface area contributed by atoms with Gasteiger partial charge >= 0.3 is 14.4 Å². The van der Waals surface area contributed by atoms with Crippen LogP contribution in [-0.4, -0.2) is 27.6 Å². The molecule has 6 heteroatoms. The van der Waals surface area contributed by atoms with E-state index >= 15 is 0 Å². The summed E-state index contributed by atoms with van der Waals surface area (Å²) in [4.78, 5) is 12.5. The van der Waals surface area contributed by atoms with Crippen molar-refractivity contribution in [1.29, 1.82) is 0 Å². The van der Waals surface area contributed by atoms with Crippen molar-refractivity contribution in [3.63, 3.8) is 0 Å². The van der Waals surface area contributed by atoms with Crippen LogP contribution in [0.4, 0.5) is 0 Å². The Morgan fingerprint density at radius 2 is 1.72 bits per heavy atom. The van der Waals surface area contributed by atoms with Crippen molar-refractivity contribution in [3.05, 3.63) is 72.3 Å². The molecule has 0 spiro atoms. The summed E-state index contributed by atoms with van der Waals surface area (Å²) >= 11 is 1.38. The van der Waals surface area contributed by atoms with Gasteiger partial charge in [0.15, 0.2) is 5.66 Å². The number of benzene rings is 3. The monoisotopic (exact) mass is 427 g/mol. The number of carbonyl (C=O) groups is 1. The highest BCUT2D eigenvalue weighted by Crippen LogP contribution is 2.38. The Bertz CT molecular complexity index is 977. The molecule has 0 fully saturated rings. The first-order valence-corrected chi connectivity index (χ1v) is 11.5. The lowest BCUT2D eigenvalue weighted by Gasteiger charge is -2.15. The summed E-state index contributed by atoms with van der Waals surface area (Å²) in [5.74, 6) is -1.03. The van der Waals surface area contributed by atoms with Crippen LogP contribution >= 0.6 is 20.2 Å². The second-order valence-corrected chi connectivity index (χ2v) is 9.00. The lowest BCUT2D eigenvalue weighted by molar-refractivity contribution is -0.141. The Hall–Kier alpha value is -2.36. The Labute approximate surface area is 176 Å². The third kappa shape index (κ3) is 5.59. The lowest BCUT2D eigenvalue weighted by Crippen LogP contribution is -2.26. The lowest BCUT2D eigenvalue weighted by atomic mass is 9.97. The molecule has 3 unspecified atom stereocenters. The largest absolute Gasteiger partial charge is 0.507 e. The number of thioether (sulfide) groups is 1. The number of fused-ring (bicyclic) bond motifs is 1. The first-order chi connectivity index (χ1) is 14.1. The zero-order valence-corrected chi connectivity index (χ0v) is 17.8. The average molecular weight is 427 g/mol. The van der Waals surface area contributed by atoms with Gasteiger partial charge in [-0.3, -0.25) is 4.79 Å². The summed E-state index contributed by atoms with van der Waals surface area (Å²) in [6, 6.07) is 21.2. The van der Waals surface area contributed by atoms with Crippen molar-refractivity contribution >= 4 is 37.0 Å². The second-order valence-electron chi connectivity index (χ2n) is 6.99. The Morgan fingerprint density at radius 3 is 2.45 bits per heavy atom. The minimum atomic E-state index is -0.908. The Morgan fingerprint density at radius 1 is 1.00 bits per heavy atom. The van der Waals surface area contributed by atoms with Crippen molar-refractivity contribution in [2.24, 2.45) is 5.92 Å². The van der Waals surface area contributed by atoms with Gasteiger partial charge in [0.1, 0.15) is 11.7 Å². The molecule has 0 radical (unpaired) electrons. The molecule has 0 aromatic heterocycles. The first kappa shape index (κ1) is 21.4. The van der Waals surface area contributed by atoms with Crippen LogP contribution in [0.5, 0.6) is 5.75 Å². The Balaban J connectivity index is 1.68. The number of aliphatic carboxylic acids is 1. The van der Waals surface area contributed by atoms with Gasteiger partial charge in [-0.1, -0.05) is 65.2 Å². The molecule has 2 N–H and O–H groups in total. The van der Waals surface area contributed by atoms with Crippen LogP contribution in [0, 0.1) is 5.92 Å². The van der Waals surface area contributed by atoms with E-state index in [1.54, 1.807) is 6.07 Å². The smallest absolute Gasteiger partial charge is 0.329 e. The standard InChI is InChI=1S/C23H23O4PS/c24-20-14-13-17-10-4-5-11-18(17)22(20)29-15-21(28-27)19(23(25)26)12-6-9-16-7-2-1-3-8-16/h1-5,7-8,10-11,13-14,19,21,24H,6,9,12,15H2,(H,25,26)/p+1. The van der Waals surface area contributed by atoms with Crippen molar-refractivity contribution in [2.75, 3.05) is 5.75 Å². The van der Waals surface area contributed by atoms with Crippen molar-refractivity contribution < 1.29 is 19.6 Å². The van der Waals surface area contributed by atoms with Gasteiger partial charge in [0.2, 0.25) is 0 Å². The molecule has 3 aromatic rings. The average Bonchev–Trinajstić information content (AvgIpc) is 2.74. The first-order valence-electron chi connectivity index (χ1n) is 9.58. The quantitative estimate of drug-likeness (QED) is 0.318. The molecule has 0 amide bonds. The third-order valence-corrected chi connectivity index (χ3v) is 7.49.